The smallest absolute Gasteiger partial charge is 0.227 e. The second-order valence-corrected chi connectivity index (χ2v) is 5.04. The van der Waals surface area contributed by atoms with Crippen LogP contribution in [-0.4, -0.2) is 4.98 Å². The third-order valence-corrected chi connectivity index (χ3v) is 3.53. The molecule has 96 valence electrons. The molecule has 0 unspecified atom stereocenters. The van der Waals surface area contributed by atoms with Crippen molar-refractivity contribution in [2.24, 2.45) is 0 Å². The van der Waals surface area contributed by atoms with E-state index in [0.29, 0.717) is 10.9 Å². The van der Waals surface area contributed by atoms with Gasteiger partial charge < -0.3 is 10.2 Å². The molecule has 3 rings (SSSR count). The SMILES string of the molecule is Cc1cc2oc(-c3ccc(Cl)cc3)nc2c(C)c1N. The topological polar surface area (TPSA) is 52.0 Å². The van der Waals surface area contributed by atoms with Crippen LogP contribution < -0.4 is 5.73 Å². The van der Waals surface area contributed by atoms with Crippen molar-refractivity contribution >= 4 is 28.4 Å². The fourth-order valence-electron chi connectivity index (χ4n) is 2.11. The summed E-state index contributed by atoms with van der Waals surface area (Å²) >= 11 is 5.88. The number of nitrogen functional groups attached to an aromatic ring is 1. The summed E-state index contributed by atoms with van der Waals surface area (Å²) in [5.74, 6) is 0.583. The molecule has 0 saturated carbocycles. The zero-order valence-corrected chi connectivity index (χ0v) is 11.5. The molecule has 3 nitrogen and oxygen atoms in total. The summed E-state index contributed by atoms with van der Waals surface area (Å²) in [6.07, 6.45) is 0. The number of benzene rings is 2. The highest BCUT2D eigenvalue weighted by molar-refractivity contribution is 6.30. The van der Waals surface area contributed by atoms with Gasteiger partial charge in [0.2, 0.25) is 5.89 Å². The van der Waals surface area contributed by atoms with Gasteiger partial charge in [-0.1, -0.05) is 11.6 Å². The number of anilines is 1. The fraction of sp³-hybridized carbons (Fsp3) is 0.133. The molecule has 4 heteroatoms. The molecule has 0 atom stereocenters. The van der Waals surface area contributed by atoms with E-state index < -0.39 is 0 Å². The first-order chi connectivity index (χ1) is 9.06. The molecule has 1 heterocycles. The summed E-state index contributed by atoms with van der Waals surface area (Å²) in [5.41, 5.74) is 11.2. The lowest BCUT2D eigenvalue weighted by Gasteiger charge is -2.02. The molecule has 0 saturated heterocycles. The molecule has 0 aliphatic heterocycles. The number of rotatable bonds is 1. The lowest BCUT2D eigenvalue weighted by Crippen LogP contribution is -1.93. The molecule has 0 aliphatic rings. The van der Waals surface area contributed by atoms with Crippen LogP contribution in [-0.2, 0) is 0 Å². The van der Waals surface area contributed by atoms with Crippen LogP contribution >= 0.6 is 11.6 Å². The molecule has 0 radical (unpaired) electrons. The van der Waals surface area contributed by atoms with Crippen LogP contribution in [0.1, 0.15) is 11.1 Å². The number of nitrogens with two attached hydrogens (primary N) is 1. The number of halogens is 1. The molecular formula is C15H13ClN2O. The summed E-state index contributed by atoms with van der Waals surface area (Å²) in [5, 5.41) is 0.691. The van der Waals surface area contributed by atoms with E-state index in [4.69, 9.17) is 21.8 Å². The van der Waals surface area contributed by atoms with Crippen LogP contribution in [0.5, 0.6) is 0 Å². The molecule has 3 aromatic rings. The maximum Gasteiger partial charge on any atom is 0.227 e. The molecule has 2 N–H and O–H groups in total. The second-order valence-electron chi connectivity index (χ2n) is 4.60. The zero-order chi connectivity index (χ0) is 13.6. The van der Waals surface area contributed by atoms with Crippen molar-refractivity contribution in [1.29, 1.82) is 0 Å². The molecule has 1 aromatic heterocycles. The third kappa shape index (κ3) is 1.96. The van der Waals surface area contributed by atoms with Crippen LogP contribution in [0.2, 0.25) is 5.02 Å². The first-order valence-electron chi connectivity index (χ1n) is 5.98. The average Bonchev–Trinajstić information content (AvgIpc) is 2.81. The fourth-order valence-corrected chi connectivity index (χ4v) is 2.24. The molecule has 0 fully saturated rings. The highest BCUT2D eigenvalue weighted by Crippen LogP contribution is 2.31. The van der Waals surface area contributed by atoms with Crippen molar-refractivity contribution in [3.63, 3.8) is 0 Å². The van der Waals surface area contributed by atoms with Crippen LogP contribution in [0.3, 0.4) is 0 Å². The Morgan fingerprint density at radius 3 is 2.53 bits per heavy atom. The maximum absolute atomic E-state index is 6.02. The van der Waals surface area contributed by atoms with Crippen LogP contribution in [0.4, 0.5) is 5.69 Å². The number of hydrogen-bond donors (Lipinski definition) is 1. The van der Waals surface area contributed by atoms with Crippen molar-refractivity contribution in [3.8, 4) is 11.5 Å². The molecule has 0 spiro atoms. The van der Waals surface area contributed by atoms with Gasteiger partial charge >= 0.3 is 0 Å². The first kappa shape index (κ1) is 12.1. The Hall–Kier alpha value is -2.00. The zero-order valence-electron chi connectivity index (χ0n) is 10.7. The minimum Gasteiger partial charge on any atom is -0.436 e. The monoisotopic (exact) mass is 272 g/mol. The van der Waals surface area contributed by atoms with Crippen molar-refractivity contribution in [2.45, 2.75) is 13.8 Å². The number of aromatic nitrogens is 1. The summed E-state index contributed by atoms with van der Waals surface area (Å²) < 4.78 is 5.80. The Kier molecular flexibility index (Phi) is 2.72. The van der Waals surface area contributed by atoms with Gasteiger partial charge in [0, 0.05) is 21.8 Å². The molecular weight excluding hydrogens is 260 g/mol. The predicted octanol–water partition coefficient (Wildman–Crippen LogP) is 4.35. The van der Waals surface area contributed by atoms with Gasteiger partial charge in [-0.15, -0.1) is 0 Å². The largest absolute Gasteiger partial charge is 0.436 e. The molecule has 19 heavy (non-hydrogen) atoms. The van der Waals surface area contributed by atoms with E-state index >= 15 is 0 Å². The predicted molar refractivity (Wildman–Crippen MR) is 78.3 cm³/mol. The van der Waals surface area contributed by atoms with Gasteiger partial charge in [0.15, 0.2) is 5.58 Å². The van der Waals surface area contributed by atoms with E-state index in [1.165, 1.54) is 0 Å². The summed E-state index contributed by atoms with van der Waals surface area (Å²) in [4.78, 5) is 4.52. The Morgan fingerprint density at radius 2 is 1.84 bits per heavy atom. The lowest BCUT2D eigenvalue weighted by atomic mass is 10.1. The first-order valence-corrected chi connectivity index (χ1v) is 6.36. The Balaban J connectivity index is 2.22. The number of hydrogen-bond acceptors (Lipinski definition) is 3. The van der Waals surface area contributed by atoms with Gasteiger partial charge in [-0.2, -0.15) is 0 Å². The number of oxazole rings is 1. The Morgan fingerprint density at radius 1 is 1.16 bits per heavy atom. The standard InChI is InChI=1S/C15H13ClN2O/c1-8-7-12-14(9(2)13(8)17)18-15(19-12)10-3-5-11(16)6-4-10/h3-7H,17H2,1-2H3. The minimum absolute atomic E-state index is 0.583. The van der Waals surface area contributed by atoms with Crippen molar-refractivity contribution in [1.82, 2.24) is 4.98 Å². The van der Waals surface area contributed by atoms with Crippen LogP contribution in [0.15, 0.2) is 34.7 Å². The normalized spacial score (nSPS) is 11.1. The van der Waals surface area contributed by atoms with Gasteiger partial charge in [-0.3, -0.25) is 0 Å². The maximum atomic E-state index is 6.02. The van der Waals surface area contributed by atoms with E-state index in [0.717, 1.165) is 33.5 Å². The Labute approximate surface area is 116 Å². The summed E-state index contributed by atoms with van der Waals surface area (Å²) in [7, 11) is 0. The van der Waals surface area contributed by atoms with Crippen molar-refractivity contribution in [2.75, 3.05) is 5.73 Å². The quantitative estimate of drug-likeness (QED) is 0.670. The van der Waals surface area contributed by atoms with E-state index in [1.54, 1.807) is 0 Å². The molecule has 0 bridgehead atoms. The van der Waals surface area contributed by atoms with Gasteiger partial charge in [-0.25, -0.2) is 4.98 Å². The van der Waals surface area contributed by atoms with E-state index in [1.807, 2.05) is 44.2 Å². The third-order valence-electron chi connectivity index (χ3n) is 3.28. The van der Waals surface area contributed by atoms with Crippen LogP contribution in [0, 0.1) is 13.8 Å². The van der Waals surface area contributed by atoms with Crippen molar-refractivity contribution in [3.05, 3.63) is 46.5 Å². The Bertz CT molecular complexity index is 760. The molecule has 0 aliphatic carbocycles. The van der Waals surface area contributed by atoms with E-state index in [2.05, 4.69) is 4.98 Å². The highest BCUT2D eigenvalue weighted by atomic mass is 35.5. The molecule has 0 amide bonds. The summed E-state index contributed by atoms with van der Waals surface area (Å²) in [6.45, 7) is 3.92. The summed E-state index contributed by atoms with van der Waals surface area (Å²) in [6, 6.07) is 9.33. The van der Waals surface area contributed by atoms with Gasteiger partial charge in [0.05, 0.1) is 0 Å². The number of nitrogens with zero attached hydrogens (tertiary/aromatic N) is 1. The minimum atomic E-state index is 0.583. The highest BCUT2D eigenvalue weighted by Gasteiger charge is 2.13. The average molecular weight is 273 g/mol. The van der Waals surface area contributed by atoms with Gasteiger partial charge in [0.25, 0.3) is 0 Å². The lowest BCUT2D eigenvalue weighted by molar-refractivity contribution is 0.619. The van der Waals surface area contributed by atoms with Crippen molar-refractivity contribution < 1.29 is 4.42 Å². The van der Waals surface area contributed by atoms with E-state index in [9.17, 15) is 0 Å². The number of fused-ring (bicyclic) bond motifs is 1. The second kappa shape index (κ2) is 4.28. The van der Waals surface area contributed by atoms with E-state index in [-0.39, 0.29) is 0 Å². The molecule has 2 aromatic carbocycles. The van der Waals surface area contributed by atoms with Gasteiger partial charge in [-0.05, 0) is 49.7 Å². The van der Waals surface area contributed by atoms with Crippen LogP contribution in [0.25, 0.3) is 22.6 Å². The number of aryl methyl sites for hydroxylation is 2. The van der Waals surface area contributed by atoms with Gasteiger partial charge in [0.1, 0.15) is 5.52 Å².